The second-order valence-corrected chi connectivity index (χ2v) is 4.89. The van der Waals surface area contributed by atoms with Gasteiger partial charge in [0.1, 0.15) is 0 Å². The quantitative estimate of drug-likeness (QED) is 0.906. The summed E-state index contributed by atoms with van der Waals surface area (Å²) in [5, 5.41) is 6.21. The molecule has 0 spiro atoms. The number of pyridine rings is 1. The first kappa shape index (κ1) is 11.6. The number of aromatic nitrogens is 1. The highest BCUT2D eigenvalue weighted by Crippen LogP contribution is 2.35. The maximum Gasteiger partial charge on any atom is 0.0698 e. The molecule has 0 bridgehead atoms. The Morgan fingerprint density at radius 2 is 2.31 bits per heavy atom. The minimum absolute atomic E-state index is 0.125. The van der Waals surface area contributed by atoms with Crippen LogP contribution in [0, 0.1) is 6.92 Å². The van der Waals surface area contributed by atoms with Crippen molar-refractivity contribution in [2.75, 3.05) is 7.05 Å². The van der Waals surface area contributed by atoms with Crippen molar-refractivity contribution in [3.05, 3.63) is 50.9 Å². The van der Waals surface area contributed by atoms with Crippen LogP contribution in [0.3, 0.4) is 0 Å². The SMILES string of the molecule is CNC(c1cccnc1)c1scc(C)c1Cl. The van der Waals surface area contributed by atoms with Crippen LogP contribution in [0.4, 0.5) is 0 Å². The highest BCUT2D eigenvalue weighted by Gasteiger charge is 2.18. The van der Waals surface area contributed by atoms with Crippen LogP contribution in [0.15, 0.2) is 29.9 Å². The Bertz CT molecular complexity index is 467. The van der Waals surface area contributed by atoms with Gasteiger partial charge in [0.05, 0.1) is 11.1 Å². The van der Waals surface area contributed by atoms with Gasteiger partial charge in [0.2, 0.25) is 0 Å². The van der Waals surface area contributed by atoms with Gasteiger partial charge >= 0.3 is 0 Å². The van der Waals surface area contributed by atoms with E-state index in [1.165, 1.54) is 0 Å². The molecule has 2 aromatic rings. The van der Waals surface area contributed by atoms with Crippen molar-refractivity contribution in [1.29, 1.82) is 0 Å². The third-order valence-corrected chi connectivity index (χ3v) is 4.27. The van der Waals surface area contributed by atoms with E-state index in [1.807, 2.05) is 26.2 Å². The van der Waals surface area contributed by atoms with Crippen molar-refractivity contribution in [3.63, 3.8) is 0 Å². The van der Waals surface area contributed by atoms with Crippen LogP contribution in [-0.2, 0) is 0 Å². The Balaban J connectivity index is 2.41. The molecule has 2 nitrogen and oxygen atoms in total. The molecule has 84 valence electrons. The minimum atomic E-state index is 0.125. The van der Waals surface area contributed by atoms with Crippen molar-refractivity contribution < 1.29 is 0 Å². The van der Waals surface area contributed by atoms with Gasteiger partial charge in [-0.15, -0.1) is 11.3 Å². The molecule has 4 heteroatoms. The zero-order chi connectivity index (χ0) is 11.5. The molecular weight excluding hydrogens is 240 g/mol. The Hall–Kier alpha value is -0.900. The minimum Gasteiger partial charge on any atom is -0.309 e. The van der Waals surface area contributed by atoms with E-state index >= 15 is 0 Å². The van der Waals surface area contributed by atoms with Crippen LogP contribution in [-0.4, -0.2) is 12.0 Å². The van der Waals surface area contributed by atoms with Crippen molar-refractivity contribution >= 4 is 22.9 Å². The largest absolute Gasteiger partial charge is 0.309 e. The van der Waals surface area contributed by atoms with E-state index in [9.17, 15) is 0 Å². The third kappa shape index (κ3) is 2.12. The van der Waals surface area contributed by atoms with Gasteiger partial charge in [-0.05, 0) is 36.5 Å². The van der Waals surface area contributed by atoms with Gasteiger partial charge in [-0.3, -0.25) is 4.98 Å². The molecule has 0 saturated heterocycles. The van der Waals surface area contributed by atoms with Crippen LogP contribution >= 0.6 is 22.9 Å². The molecule has 16 heavy (non-hydrogen) atoms. The van der Waals surface area contributed by atoms with E-state index in [0.29, 0.717) is 0 Å². The predicted octanol–water partition coefficient (Wildman–Crippen LogP) is 3.41. The van der Waals surface area contributed by atoms with Gasteiger partial charge in [0.15, 0.2) is 0 Å². The monoisotopic (exact) mass is 252 g/mol. The Morgan fingerprint density at radius 3 is 2.81 bits per heavy atom. The molecule has 2 rings (SSSR count). The van der Waals surface area contributed by atoms with Crippen molar-refractivity contribution in [2.24, 2.45) is 0 Å². The van der Waals surface area contributed by atoms with Crippen LogP contribution in [0.1, 0.15) is 22.0 Å². The first-order chi connectivity index (χ1) is 7.74. The van der Waals surface area contributed by atoms with E-state index in [2.05, 4.69) is 21.7 Å². The molecular formula is C12H13ClN2S. The lowest BCUT2D eigenvalue weighted by Crippen LogP contribution is -2.16. The summed E-state index contributed by atoms with van der Waals surface area (Å²) in [4.78, 5) is 5.28. The van der Waals surface area contributed by atoms with Crippen molar-refractivity contribution in [2.45, 2.75) is 13.0 Å². The molecule has 1 unspecified atom stereocenters. The summed E-state index contributed by atoms with van der Waals surface area (Å²) in [6.07, 6.45) is 3.64. The second-order valence-electron chi connectivity index (χ2n) is 3.60. The molecule has 0 radical (unpaired) electrons. The van der Waals surface area contributed by atoms with Crippen molar-refractivity contribution in [3.8, 4) is 0 Å². The number of nitrogens with one attached hydrogen (secondary N) is 1. The number of halogens is 1. The molecule has 0 aromatic carbocycles. The first-order valence-electron chi connectivity index (χ1n) is 5.04. The maximum absolute atomic E-state index is 6.28. The van der Waals surface area contributed by atoms with Gasteiger partial charge in [-0.2, -0.15) is 0 Å². The second kappa shape index (κ2) is 4.95. The molecule has 0 aliphatic heterocycles. The van der Waals surface area contributed by atoms with Gasteiger partial charge in [0, 0.05) is 17.3 Å². The third-order valence-electron chi connectivity index (χ3n) is 2.49. The van der Waals surface area contributed by atoms with Crippen LogP contribution < -0.4 is 5.32 Å². The van der Waals surface area contributed by atoms with Crippen LogP contribution in [0.25, 0.3) is 0 Å². The fourth-order valence-corrected chi connectivity index (χ4v) is 3.08. The van der Waals surface area contributed by atoms with Gasteiger partial charge in [0.25, 0.3) is 0 Å². The average Bonchev–Trinajstić information content (AvgIpc) is 2.64. The molecule has 1 atom stereocenters. The van der Waals surface area contributed by atoms with Gasteiger partial charge < -0.3 is 5.32 Å². The summed E-state index contributed by atoms with van der Waals surface area (Å²) in [7, 11) is 1.93. The first-order valence-corrected chi connectivity index (χ1v) is 6.30. The Labute approximate surface area is 104 Å². The summed E-state index contributed by atoms with van der Waals surface area (Å²) in [6.45, 7) is 2.03. The van der Waals surface area contributed by atoms with Gasteiger partial charge in [-0.1, -0.05) is 17.7 Å². The van der Waals surface area contributed by atoms with Crippen LogP contribution in [0.5, 0.6) is 0 Å². The Kier molecular flexibility index (Phi) is 3.59. The molecule has 0 aliphatic carbocycles. The summed E-state index contributed by atoms with van der Waals surface area (Å²) < 4.78 is 0. The number of nitrogens with zero attached hydrogens (tertiary/aromatic N) is 1. The van der Waals surface area contributed by atoms with E-state index in [0.717, 1.165) is 21.0 Å². The normalized spacial score (nSPS) is 12.7. The van der Waals surface area contributed by atoms with E-state index in [1.54, 1.807) is 17.5 Å². The summed E-state index contributed by atoms with van der Waals surface area (Å²) in [6, 6.07) is 4.12. The molecule has 0 saturated carbocycles. The van der Waals surface area contributed by atoms with E-state index < -0.39 is 0 Å². The standard InChI is InChI=1S/C12H13ClN2S/c1-8-7-16-12(10(8)13)11(14-2)9-4-3-5-15-6-9/h3-7,11,14H,1-2H3. The predicted molar refractivity (Wildman–Crippen MR) is 69.2 cm³/mol. The van der Waals surface area contributed by atoms with E-state index in [-0.39, 0.29) is 6.04 Å². The Morgan fingerprint density at radius 1 is 1.50 bits per heavy atom. The smallest absolute Gasteiger partial charge is 0.0698 e. The molecule has 2 heterocycles. The number of thiophene rings is 1. The van der Waals surface area contributed by atoms with Gasteiger partial charge in [-0.25, -0.2) is 0 Å². The van der Waals surface area contributed by atoms with Crippen molar-refractivity contribution in [1.82, 2.24) is 10.3 Å². The highest BCUT2D eigenvalue weighted by atomic mass is 35.5. The average molecular weight is 253 g/mol. The highest BCUT2D eigenvalue weighted by molar-refractivity contribution is 7.10. The lowest BCUT2D eigenvalue weighted by molar-refractivity contribution is 0.700. The lowest BCUT2D eigenvalue weighted by atomic mass is 10.1. The van der Waals surface area contributed by atoms with E-state index in [4.69, 9.17) is 11.6 Å². The lowest BCUT2D eigenvalue weighted by Gasteiger charge is -2.15. The number of rotatable bonds is 3. The molecule has 2 aromatic heterocycles. The molecule has 0 aliphatic rings. The molecule has 0 amide bonds. The zero-order valence-electron chi connectivity index (χ0n) is 9.20. The fourth-order valence-electron chi connectivity index (χ4n) is 1.64. The number of hydrogen-bond acceptors (Lipinski definition) is 3. The fraction of sp³-hybridized carbons (Fsp3) is 0.250. The van der Waals surface area contributed by atoms with Crippen LogP contribution in [0.2, 0.25) is 5.02 Å². The topological polar surface area (TPSA) is 24.9 Å². The maximum atomic E-state index is 6.28. The molecule has 1 N–H and O–H groups in total. The molecule has 0 fully saturated rings. The summed E-state index contributed by atoms with van der Waals surface area (Å²) >= 11 is 7.96. The number of aryl methyl sites for hydroxylation is 1. The summed E-state index contributed by atoms with van der Waals surface area (Å²) in [5.74, 6) is 0. The zero-order valence-corrected chi connectivity index (χ0v) is 10.8. The number of hydrogen-bond donors (Lipinski definition) is 1. The summed E-state index contributed by atoms with van der Waals surface area (Å²) in [5.41, 5.74) is 2.26.